The number of hydrogen-bond donors (Lipinski definition) is 6. The summed E-state index contributed by atoms with van der Waals surface area (Å²) in [5.41, 5.74) is 0.716. The van der Waals surface area contributed by atoms with Gasteiger partial charge in [0.05, 0.1) is 6.10 Å². The van der Waals surface area contributed by atoms with Crippen molar-refractivity contribution >= 4 is 29.0 Å². The van der Waals surface area contributed by atoms with Gasteiger partial charge in [-0.05, 0) is 55.7 Å². The number of unbranched alkanes of at least 4 members (excludes halogenated alkanes) is 2. The fourth-order valence-corrected chi connectivity index (χ4v) is 3.22. The van der Waals surface area contributed by atoms with Crippen molar-refractivity contribution < 1.29 is 34.7 Å². The van der Waals surface area contributed by atoms with Gasteiger partial charge in [0.15, 0.2) is 5.11 Å². The Bertz CT molecular complexity index is 768. The van der Waals surface area contributed by atoms with E-state index in [9.17, 15) is 20.1 Å². The van der Waals surface area contributed by atoms with Crippen LogP contribution in [0.15, 0.2) is 24.3 Å². The van der Waals surface area contributed by atoms with E-state index < -0.39 is 36.7 Å². The minimum Gasteiger partial charge on any atom is -0.481 e. The van der Waals surface area contributed by atoms with E-state index in [1.54, 1.807) is 24.3 Å². The van der Waals surface area contributed by atoms with Crippen LogP contribution in [0.5, 0.6) is 5.75 Å². The number of thiocarbonyl (C=S) groups is 1. The molecule has 0 spiro atoms. The van der Waals surface area contributed by atoms with Crippen LogP contribution in [0.4, 0.5) is 5.69 Å². The molecule has 1 aliphatic rings. The number of nitrogens with one attached hydrogen (secondary N) is 2. The Labute approximate surface area is 186 Å². The molecule has 1 saturated heterocycles. The van der Waals surface area contributed by atoms with E-state index in [-0.39, 0.29) is 12.8 Å². The third kappa shape index (κ3) is 7.97. The fourth-order valence-electron chi connectivity index (χ4n) is 3.00. The highest BCUT2D eigenvalue weighted by Crippen LogP contribution is 2.27. The number of benzene rings is 1. The molecule has 6 N–H and O–H groups in total. The number of aliphatic carboxylic acids is 1. The van der Waals surface area contributed by atoms with Crippen LogP contribution in [-0.2, 0) is 9.53 Å². The van der Waals surface area contributed by atoms with E-state index in [2.05, 4.69) is 16.6 Å². The summed E-state index contributed by atoms with van der Waals surface area (Å²) < 4.78 is 11.1. The molecule has 170 valence electrons. The maximum atomic E-state index is 10.8. The first-order valence-electron chi connectivity index (χ1n) is 9.98. The van der Waals surface area contributed by atoms with E-state index in [0.29, 0.717) is 23.1 Å². The fraction of sp³-hybridized carbons (Fsp3) is 0.524. The number of carboxylic acid groups (broad SMARTS) is 1. The van der Waals surface area contributed by atoms with Crippen molar-refractivity contribution in [2.45, 2.75) is 62.8 Å². The van der Waals surface area contributed by atoms with Crippen LogP contribution in [0.2, 0.25) is 0 Å². The van der Waals surface area contributed by atoms with Crippen molar-refractivity contribution in [2.24, 2.45) is 0 Å². The highest BCUT2D eigenvalue weighted by Gasteiger charge is 2.44. The van der Waals surface area contributed by atoms with Crippen LogP contribution in [-0.4, -0.2) is 68.8 Å². The standard InChI is InChI=1S/C21H28N2O7S/c1-2-3-4-5-12-22-21(31)23-13-6-8-14(9-7-13)29-20-19(28)18(27)17(26)15(30-20)10-11-16(24)25/h1,6-9,15,17-20,26-28H,3-5,10-12H2,(H,24,25)(H2,22,23,31)/t15?,17-,18?,19?,20+/m1/s1. The number of rotatable bonds is 10. The van der Waals surface area contributed by atoms with Gasteiger partial charge in [-0.1, -0.05) is 0 Å². The zero-order chi connectivity index (χ0) is 22.8. The highest BCUT2D eigenvalue weighted by atomic mass is 32.1. The van der Waals surface area contributed by atoms with Gasteiger partial charge in [-0.15, -0.1) is 12.3 Å². The number of hydrogen-bond acceptors (Lipinski definition) is 7. The summed E-state index contributed by atoms with van der Waals surface area (Å²) in [6.45, 7) is 0.711. The van der Waals surface area contributed by atoms with Gasteiger partial charge < -0.3 is 40.5 Å². The molecule has 1 fully saturated rings. The average molecular weight is 453 g/mol. The summed E-state index contributed by atoms with van der Waals surface area (Å²) >= 11 is 5.23. The van der Waals surface area contributed by atoms with Gasteiger partial charge in [0, 0.05) is 25.1 Å². The van der Waals surface area contributed by atoms with Gasteiger partial charge in [0.1, 0.15) is 24.1 Å². The number of carboxylic acids is 1. The SMILES string of the molecule is C#CCCCCNC(=S)Nc1ccc(O[C@H]2OC(CCC(=O)O)[C@@H](O)C(O)C2O)cc1. The second kappa shape index (κ2) is 12.4. The lowest BCUT2D eigenvalue weighted by Gasteiger charge is -2.40. The van der Waals surface area contributed by atoms with E-state index in [1.807, 2.05) is 0 Å². The topological polar surface area (TPSA) is 141 Å². The molecule has 1 aromatic carbocycles. The molecule has 0 radical (unpaired) electrons. The first-order valence-corrected chi connectivity index (χ1v) is 10.4. The first-order chi connectivity index (χ1) is 14.8. The van der Waals surface area contributed by atoms with E-state index >= 15 is 0 Å². The second-order valence-electron chi connectivity index (χ2n) is 7.13. The monoisotopic (exact) mass is 452 g/mol. The maximum absolute atomic E-state index is 10.8. The van der Waals surface area contributed by atoms with Crippen LogP contribution in [0.25, 0.3) is 0 Å². The van der Waals surface area contributed by atoms with E-state index in [4.69, 9.17) is 33.2 Å². The quantitative estimate of drug-likeness (QED) is 0.172. The molecule has 0 amide bonds. The smallest absolute Gasteiger partial charge is 0.303 e. The molecule has 3 unspecified atom stereocenters. The largest absolute Gasteiger partial charge is 0.481 e. The number of terminal acetylenes is 1. The zero-order valence-corrected chi connectivity index (χ0v) is 17.8. The molecule has 0 saturated carbocycles. The summed E-state index contributed by atoms with van der Waals surface area (Å²) in [6.07, 6.45) is 0.814. The molecule has 10 heteroatoms. The molecule has 9 nitrogen and oxygen atoms in total. The predicted molar refractivity (Wildman–Crippen MR) is 118 cm³/mol. The molecule has 0 aromatic heterocycles. The van der Waals surface area contributed by atoms with Crippen molar-refractivity contribution in [3.63, 3.8) is 0 Å². The van der Waals surface area contributed by atoms with Crippen molar-refractivity contribution in [3.05, 3.63) is 24.3 Å². The summed E-state index contributed by atoms with van der Waals surface area (Å²) in [7, 11) is 0. The maximum Gasteiger partial charge on any atom is 0.303 e. The Morgan fingerprint density at radius 3 is 2.52 bits per heavy atom. The zero-order valence-electron chi connectivity index (χ0n) is 16.9. The van der Waals surface area contributed by atoms with Crippen LogP contribution < -0.4 is 15.4 Å². The Morgan fingerprint density at radius 1 is 1.16 bits per heavy atom. The number of carbonyl (C=O) groups is 1. The average Bonchev–Trinajstić information content (AvgIpc) is 2.74. The summed E-state index contributed by atoms with van der Waals surface area (Å²) in [5, 5.41) is 45.6. The van der Waals surface area contributed by atoms with Crippen LogP contribution >= 0.6 is 12.2 Å². The molecule has 5 atom stereocenters. The molecular weight excluding hydrogens is 424 g/mol. The minimum atomic E-state index is -1.53. The van der Waals surface area contributed by atoms with Crippen molar-refractivity contribution in [1.82, 2.24) is 5.32 Å². The predicted octanol–water partition coefficient (Wildman–Crippen LogP) is 0.828. The van der Waals surface area contributed by atoms with Gasteiger partial charge >= 0.3 is 5.97 Å². The molecule has 1 aromatic rings. The molecule has 1 aliphatic heterocycles. The number of ether oxygens (including phenoxy) is 2. The van der Waals surface area contributed by atoms with Gasteiger partial charge in [0.2, 0.25) is 6.29 Å². The third-order valence-electron chi connectivity index (χ3n) is 4.71. The molecular formula is C21H28N2O7S. The summed E-state index contributed by atoms with van der Waals surface area (Å²) in [6, 6.07) is 6.67. The lowest BCUT2D eigenvalue weighted by atomic mass is 9.96. The lowest BCUT2D eigenvalue weighted by Crippen LogP contribution is -2.59. The van der Waals surface area contributed by atoms with E-state index in [1.165, 1.54) is 0 Å². The Morgan fingerprint density at radius 2 is 1.87 bits per heavy atom. The van der Waals surface area contributed by atoms with Gasteiger partial charge in [-0.3, -0.25) is 4.79 Å². The second-order valence-corrected chi connectivity index (χ2v) is 7.54. The number of aliphatic hydroxyl groups excluding tert-OH is 3. The Hall–Kier alpha value is -2.42. The van der Waals surface area contributed by atoms with Gasteiger partial charge in [-0.25, -0.2) is 0 Å². The number of anilines is 1. The molecule has 1 heterocycles. The van der Waals surface area contributed by atoms with Gasteiger partial charge in [0.25, 0.3) is 0 Å². The summed E-state index contributed by atoms with van der Waals surface area (Å²) in [4.78, 5) is 10.8. The van der Waals surface area contributed by atoms with Crippen LogP contribution in [0.1, 0.15) is 32.1 Å². The normalized spacial score (nSPS) is 25.3. The first kappa shape index (κ1) is 24.8. The van der Waals surface area contributed by atoms with Crippen LogP contribution in [0.3, 0.4) is 0 Å². The highest BCUT2D eigenvalue weighted by molar-refractivity contribution is 7.80. The lowest BCUT2D eigenvalue weighted by molar-refractivity contribution is -0.273. The molecule has 0 aliphatic carbocycles. The minimum absolute atomic E-state index is 0.0316. The molecule has 31 heavy (non-hydrogen) atoms. The number of aliphatic hydroxyl groups is 3. The van der Waals surface area contributed by atoms with Crippen molar-refractivity contribution in [3.8, 4) is 18.1 Å². The summed E-state index contributed by atoms with van der Waals surface area (Å²) in [5.74, 6) is 1.88. The van der Waals surface area contributed by atoms with Crippen molar-refractivity contribution in [1.29, 1.82) is 0 Å². The Kier molecular flexibility index (Phi) is 9.97. The third-order valence-corrected chi connectivity index (χ3v) is 4.96. The molecule has 0 bridgehead atoms. The molecule has 2 rings (SSSR count). The van der Waals surface area contributed by atoms with E-state index in [0.717, 1.165) is 19.3 Å². The van der Waals surface area contributed by atoms with Crippen molar-refractivity contribution in [2.75, 3.05) is 11.9 Å². The Balaban J connectivity index is 1.87. The van der Waals surface area contributed by atoms with Crippen LogP contribution in [0, 0.1) is 12.3 Å². The van der Waals surface area contributed by atoms with Gasteiger partial charge in [-0.2, -0.15) is 0 Å².